The lowest BCUT2D eigenvalue weighted by Gasteiger charge is -2.04. The molecule has 0 aromatic carbocycles. The Labute approximate surface area is 67.8 Å². The van der Waals surface area contributed by atoms with Gasteiger partial charge in [0.05, 0.1) is 0 Å². The molecular weight excluding hydrogens is 140 g/mol. The van der Waals surface area contributed by atoms with Crippen LogP contribution < -0.4 is 10.9 Å². The van der Waals surface area contributed by atoms with Crippen LogP contribution in [-0.2, 0) is 4.79 Å². The van der Waals surface area contributed by atoms with E-state index in [1.807, 2.05) is 0 Å². The highest BCUT2D eigenvalue weighted by molar-refractivity contribution is 5.92. The Bertz CT molecular complexity index is 143. The van der Waals surface area contributed by atoms with Crippen LogP contribution in [0.2, 0.25) is 0 Å². The van der Waals surface area contributed by atoms with Gasteiger partial charge in [-0.2, -0.15) is 0 Å². The zero-order valence-electron chi connectivity index (χ0n) is 7.24. The van der Waals surface area contributed by atoms with Gasteiger partial charge in [0.1, 0.15) is 0 Å². The first-order valence-electron chi connectivity index (χ1n) is 3.87. The molecule has 0 aliphatic carbocycles. The molecule has 0 fully saturated rings. The molecule has 0 aliphatic rings. The second kappa shape index (κ2) is 5.92. The molecule has 2 N–H and O–H groups in total. The van der Waals surface area contributed by atoms with Crippen LogP contribution in [-0.4, -0.2) is 13.0 Å². The number of hydrazine groups is 1. The average molecular weight is 156 g/mol. The quantitative estimate of drug-likeness (QED) is 0.460. The van der Waals surface area contributed by atoms with E-state index in [9.17, 15) is 4.79 Å². The molecule has 0 aromatic heterocycles. The second-order valence-corrected chi connectivity index (χ2v) is 2.41. The van der Waals surface area contributed by atoms with Crippen molar-refractivity contribution in [2.24, 2.45) is 0 Å². The maximum atomic E-state index is 11.0. The van der Waals surface area contributed by atoms with E-state index in [-0.39, 0.29) is 5.91 Å². The highest BCUT2D eigenvalue weighted by Crippen LogP contribution is 2.03. The van der Waals surface area contributed by atoms with Gasteiger partial charge >= 0.3 is 0 Å². The molecule has 0 spiro atoms. The fraction of sp³-hybridized carbons (Fsp3) is 0.625. The third-order valence-corrected chi connectivity index (χ3v) is 1.39. The lowest BCUT2D eigenvalue weighted by Crippen LogP contribution is -2.34. The number of carbonyl (C=O) groups is 1. The number of nitrogens with one attached hydrogen (secondary N) is 2. The van der Waals surface area contributed by atoms with Gasteiger partial charge in [-0.25, -0.2) is 5.43 Å². The van der Waals surface area contributed by atoms with Crippen LogP contribution in [0.15, 0.2) is 12.2 Å². The van der Waals surface area contributed by atoms with Crippen LogP contribution in [0.25, 0.3) is 0 Å². The molecule has 0 bridgehead atoms. The number of hydrogen-bond acceptors (Lipinski definition) is 2. The van der Waals surface area contributed by atoms with Crippen LogP contribution >= 0.6 is 0 Å². The number of amides is 1. The lowest BCUT2D eigenvalue weighted by atomic mass is 10.1. The minimum Gasteiger partial charge on any atom is -0.288 e. The predicted octanol–water partition coefficient (Wildman–Crippen LogP) is 0.983. The molecule has 0 unspecified atom stereocenters. The molecule has 0 aliphatic heterocycles. The van der Waals surface area contributed by atoms with Gasteiger partial charge in [-0.15, -0.1) is 0 Å². The molecule has 0 rings (SSSR count). The lowest BCUT2D eigenvalue weighted by molar-refractivity contribution is -0.118. The maximum absolute atomic E-state index is 11.0. The van der Waals surface area contributed by atoms with E-state index < -0.39 is 0 Å². The summed E-state index contributed by atoms with van der Waals surface area (Å²) < 4.78 is 0. The molecule has 0 saturated heterocycles. The van der Waals surface area contributed by atoms with Crippen LogP contribution in [0, 0.1) is 0 Å². The highest BCUT2D eigenvalue weighted by Gasteiger charge is 2.03. The van der Waals surface area contributed by atoms with Crippen LogP contribution in [0.3, 0.4) is 0 Å². The second-order valence-electron chi connectivity index (χ2n) is 2.41. The van der Waals surface area contributed by atoms with Gasteiger partial charge in [0.2, 0.25) is 0 Å². The van der Waals surface area contributed by atoms with Crippen LogP contribution in [0.4, 0.5) is 0 Å². The van der Waals surface area contributed by atoms with Gasteiger partial charge in [-0.3, -0.25) is 10.2 Å². The molecule has 0 heterocycles. The molecule has 0 saturated carbocycles. The number of carbonyl (C=O) groups excluding carboxylic acids is 1. The molecule has 0 aromatic rings. The summed E-state index contributed by atoms with van der Waals surface area (Å²) in [5.74, 6) is -0.110. The Morgan fingerprint density at radius 1 is 1.55 bits per heavy atom. The Balaban J connectivity index is 3.56. The SMILES string of the molecule is C=C(CCCC)C(=O)NNC. The largest absolute Gasteiger partial charge is 0.288 e. The Morgan fingerprint density at radius 2 is 2.18 bits per heavy atom. The van der Waals surface area contributed by atoms with Crippen molar-refractivity contribution in [3.63, 3.8) is 0 Å². The summed E-state index contributed by atoms with van der Waals surface area (Å²) in [7, 11) is 1.66. The van der Waals surface area contributed by atoms with Crippen molar-refractivity contribution >= 4 is 5.91 Å². The van der Waals surface area contributed by atoms with E-state index in [0.29, 0.717) is 5.57 Å². The van der Waals surface area contributed by atoms with Crippen molar-refractivity contribution in [3.05, 3.63) is 12.2 Å². The van der Waals surface area contributed by atoms with Gasteiger partial charge in [0, 0.05) is 12.6 Å². The molecule has 1 amide bonds. The minimum atomic E-state index is -0.110. The van der Waals surface area contributed by atoms with E-state index in [1.165, 1.54) is 0 Å². The van der Waals surface area contributed by atoms with Crippen molar-refractivity contribution in [3.8, 4) is 0 Å². The monoisotopic (exact) mass is 156 g/mol. The van der Waals surface area contributed by atoms with Crippen molar-refractivity contribution in [2.45, 2.75) is 26.2 Å². The van der Waals surface area contributed by atoms with E-state index in [1.54, 1.807) is 7.05 Å². The average Bonchev–Trinajstić information content (AvgIpc) is 2.00. The molecule has 64 valence electrons. The zero-order chi connectivity index (χ0) is 8.69. The standard InChI is InChI=1S/C8H16N2O/c1-4-5-6-7(2)8(11)10-9-3/h9H,2,4-6H2,1,3H3,(H,10,11). The normalized spacial score (nSPS) is 9.27. The summed E-state index contributed by atoms with van der Waals surface area (Å²) in [4.78, 5) is 11.0. The summed E-state index contributed by atoms with van der Waals surface area (Å²) in [6.45, 7) is 5.75. The predicted molar refractivity (Wildman–Crippen MR) is 45.9 cm³/mol. The van der Waals surface area contributed by atoms with Gasteiger partial charge < -0.3 is 0 Å². The minimum absolute atomic E-state index is 0.110. The third-order valence-electron chi connectivity index (χ3n) is 1.39. The summed E-state index contributed by atoms with van der Waals surface area (Å²) in [6.07, 6.45) is 2.89. The molecule has 11 heavy (non-hydrogen) atoms. The maximum Gasteiger partial charge on any atom is 0.260 e. The Morgan fingerprint density at radius 3 is 2.64 bits per heavy atom. The zero-order valence-corrected chi connectivity index (χ0v) is 7.24. The van der Waals surface area contributed by atoms with Gasteiger partial charge in [-0.1, -0.05) is 19.9 Å². The van der Waals surface area contributed by atoms with E-state index in [0.717, 1.165) is 19.3 Å². The van der Waals surface area contributed by atoms with Crippen LogP contribution in [0.1, 0.15) is 26.2 Å². The van der Waals surface area contributed by atoms with Crippen molar-refractivity contribution in [2.75, 3.05) is 7.05 Å². The van der Waals surface area contributed by atoms with Crippen molar-refractivity contribution < 1.29 is 4.79 Å². The van der Waals surface area contributed by atoms with Gasteiger partial charge in [-0.05, 0) is 12.8 Å². The first-order chi connectivity index (χ1) is 5.22. The molecular formula is C8H16N2O. The number of rotatable bonds is 5. The summed E-state index contributed by atoms with van der Waals surface area (Å²) in [5, 5.41) is 0. The van der Waals surface area contributed by atoms with Crippen LogP contribution in [0.5, 0.6) is 0 Å². The summed E-state index contributed by atoms with van der Waals surface area (Å²) in [5.41, 5.74) is 5.67. The fourth-order valence-electron chi connectivity index (χ4n) is 0.706. The van der Waals surface area contributed by atoms with Crippen molar-refractivity contribution in [1.29, 1.82) is 0 Å². The molecule has 0 radical (unpaired) electrons. The Hall–Kier alpha value is -0.830. The van der Waals surface area contributed by atoms with Gasteiger partial charge in [0.25, 0.3) is 5.91 Å². The topological polar surface area (TPSA) is 41.1 Å². The first-order valence-corrected chi connectivity index (χ1v) is 3.87. The molecule has 0 atom stereocenters. The third kappa shape index (κ3) is 4.56. The number of hydrogen-bond donors (Lipinski definition) is 2. The summed E-state index contributed by atoms with van der Waals surface area (Å²) >= 11 is 0. The highest BCUT2D eigenvalue weighted by atomic mass is 16.2. The van der Waals surface area contributed by atoms with E-state index in [2.05, 4.69) is 24.4 Å². The molecule has 3 nitrogen and oxygen atoms in total. The Kier molecular flexibility index (Phi) is 5.47. The number of unbranched alkanes of at least 4 members (excludes halogenated alkanes) is 1. The fourth-order valence-corrected chi connectivity index (χ4v) is 0.706. The van der Waals surface area contributed by atoms with E-state index >= 15 is 0 Å². The van der Waals surface area contributed by atoms with Crippen molar-refractivity contribution in [1.82, 2.24) is 10.9 Å². The first kappa shape index (κ1) is 10.2. The van der Waals surface area contributed by atoms with Gasteiger partial charge in [0.15, 0.2) is 0 Å². The smallest absolute Gasteiger partial charge is 0.260 e. The molecule has 3 heteroatoms. The summed E-state index contributed by atoms with van der Waals surface area (Å²) in [6, 6.07) is 0. The van der Waals surface area contributed by atoms with E-state index in [4.69, 9.17) is 0 Å².